The second-order valence-electron chi connectivity index (χ2n) is 14.1. The van der Waals surface area contributed by atoms with E-state index >= 15 is 0 Å². The molecule has 15 heteroatoms. The van der Waals surface area contributed by atoms with Crippen LogP contribution >= 0.6 is 21.6 Å². The van der Waals surface area contributed by atoms with Gasteiger partial charge in [0, 0.05) is 35.3 Å². The molecule has 0 aromatic heterocycles. The van der Waals surface area contributed by atoms with Crippen LogP contribution in [0.3, 0.4) is 0 Å². The van der Waals surface area contributed by atoms with Gasteiger partial charge in [-0.3, -0.25) is 4.79 Å². The number of ether oxygens (including phenoxy) is 4. The number of carboxylic acids is 1. The molecule has 7 N–H and O–H groups in total. The summed E-state index contributed by atoms with van der Waals surface area (Å²) in [6.45, 7) is 3.27. The van der Waals surface area contributed by atoms with Crippen molar-refractivity contribution in [3.8, 4) is 17.2 Å². The van der Waals surface area contributed by atoms with Crippen LogP contribution in [0.15, 0.2) is 12.1 Å². The Morgan fingerprint density at radius 3 is 2.52 bits per heavy atom. The summed E-state index contributed by atoms with van der Waals surface area (Å²) in [6.07, 6.45) is -1.82. The molecule has 1 spiro atoms. The van der Waals surface area contributed by atoms with Crippen molar-refractivity contribution in [2.45, 2.75) is 82.6 Å². The lowest BCUT2D eigenvalue weighted by atomic mass is 9.56. The van der Waals surface area contributed by atoms with E-state index in [2.05, 4.69) is 0 Å². The van der Waals surface area contributed by atoms with E-state index in [0.29, 0.717) is 32.0 Å². The molecule has 2 aromatic carbocycles. The lowest BCUT2D eigenvalue weighted by molar-refractivity contribution is -0.323. The Hall–Kier alpha value is -2.34. The van der Waals surface area contributed by atoms with Gasteiger partial charge in [0.2, 0.25) is 6.29 Å². The van der Waals surface area contributed by atoms with Crippen molar-refractivity contribution in [1.82, 2.24) is 0 Å². The Bertz CT molecular complexity index is 1590. The summed E-state index contributed by atoms with van der Waals surface area (Å²) in [5.74, 6) is -1.59. The van der Waals surface area contributed by atoms with Gasteiger partial charge >= 0.3 is 5.97 Å². The number of phenolic OH excluding ortho intramolecular Hbond substituents is 2. The highest BCUT2D eigenvalue weighted by atomic mass is 33.1. The lowest BCUT2D eigenvalue weighted by Gasteiger charge is -2.54. The summed E-state index contributed by atoms with van der Waals surface area (Å²) in [5, 5.41) is 76.1. The number of aromatic carboxylic acids is 1. The minimum atomic E-state index is -1.77. The van der Waals surface area contributed by atoms with Gasteiger partial charge in [-0.25, -0.2) is 4.79 Å². The summed E-state index contributed by atoms with van der Waals surface area (Å²) in [7, 11) is 3.04. The molecule has 3 aliphatic heterocycles. The average Bonchev–Trinajstić information content (AvgIpc) is 3.11. The fraction of sp³-hybridized carbons (Fsp3) is 0.657. The summed E-state index contributed by atoms with van der Waals surface area (Å²) in [6, 6.07) is 2.19. The van der Waals surface area contributed by atoms with Crippen LogP contribution < -0.4 is 4.74 Å². The number of aromatic hydroxyl groups is 2. The zero-order valence-corrected chi connectivity index (χ0v) is 29.7. The standard InChI is InChI=1S/C35H46O13S2/c1-17-25(18(2)38)29(40)26-22(28(17)39)10-21(32(43)44)11-23(26)47-33-30(41)31(42)35(24(12-37)48-33)7-6-19-4-3-5-20-13-45-14-34(8-9-36,27(19)20)15-49-50-16-46-35/h10-11,19-20,24,27,30-31,33,36-37,39-42H,3-9,12-16H2,1-2H3,(H,43,44). The largest absolute Gasteiger partial charge is 0.507 e. The molecule has 276 valence electrons. The van der Waals surface area contributed by atoms with Gasteiger partial charge in [-0.05, 0) is 69.4 Å². The fourth-order valence-electron chi connectivity index (χ4n) is 9.10. The van der Waals surface area contributed by atoms with Gasteiger partial charge in [-0.1, -0.05) is 34.4 Å². The molecule has 4 fully saturated rings. The third-order valence-electron chi connectivity index (χ3n) is 11.4. The molecule has 0 amide bonds. The molecule has 1 aliphatic carbocycles. The molecule has 0 radical (unpaired) electrons. The van der Waals surface area contributed by atoms with Crippen LogP contribution in [0.4, 0.5) is 0 Å². The molecule has 3 heterocycles. The van der Waals surface area contributed by atoms with Gasteiger partial charge in [0.1, 0.15) is 47.1 Å². The highest BCUT2D eigenvalue weighted by Gasteiger charge is 2.59. The van der Waals surface area contributed by atoms with Crippen molar-refractivity contribution < 1.29 is 64.3 Å². The average molecular weight is 739 g/mol. The molecule has 13 nitrogen and oxygen atoms in total. The number of phenols is 2. The van der Waals surface area contributed by atoms with Crippen molar-refractivity contribution in [3.05, 3.63) is 28.8 Å². The minimum absolute atomic E-state index is 0.0428. The first kappa shape index (κ1) is 37.4. The van der Waals surface area contributed by atoms with E-state index in [1.54, 1.807) is 10.8 Å². The second-order valence-corrected chi connectivity index (χ2v) is 16.6. The van der Waals surface area contributed by atoms with Crippen molar-refractivity contribution in [3.63, 3.8) is 0 Å². The third-order valence-corrected chi connectivity index (χ3v) is 13.6. The number of fused-ring (bicyclic) bond motifs is 1. The predicted octanol–water partition coefficient (Wildman–Crippen LogP) is 3.60. The van der Waals surface area contributed by atoms with E-state index in [4.69, 9.17) is 18.9 Å². The Labute approximate surface area is 297 Å². The van der Waals surface area contributed by atoms with E-state index < -0.39 is 60.1 Å². The smallest absolute Gasteiger partial charge is 0.335 e. The monoisotopic (exact) mass is 738 g/mol. The Morgan fingerprint density at radius 2 is 1.82 bits per heavy atom. The lowest BCUT2D eigenvalue weighted by Crippen LogP contribution is -2.69. The number of ketones is 1. The summed E-state index contributed by atoms with van der Waals surface area (Å²) in [5.41, 5.74) is -2.24. The number of carboxylic acid groups (broad SMARTS) is 1. The maximum atomic E-state index is 12.5. The van der Waals surface area contributed by atoms with Crippen LogP contribution in [-0.4, -0.2) is 116 Å². The normalized spacial score (nSPS) is 34.9. The Kier molecular flexibility index (Phi) is 11.2. The molecule has 6 rings (SSSR count). The zero-order chi connectivity index (χ0) is 36.0. The number of aliphatic hydroxyl groups is 4. The summed E-state index contributed by atoms with van der Waals surface area (Å²) >= 11 is 0. The van der Waals surface area contributed by atoms with Gasteiger partial charge < -0.3 is 54.7 Å². The fourth-order valence-corrected chi connectivity index (χ4v) is 11.5. The second kappa shape index (κ2) is 15.0. The van der Waals surface area contributed by atoms with E-state index in [1.807, 2.05) is 0 Å². The Balaban J connectivity index is 1.35. The molecule has 9 unspecified atom stereocenters. The van der Waals surface area contributed by atoms with E-state index in [9.17, 15) is 45.3 Å². The molecular formula is C35H46O13S2. The van der Waals surface area contributed by atoms with E-state index in [-0.39, 0.29) is 69.4 Å². The first-order chi connectivity index (χ1) is 23.9. The van der Waals surface area contributed by atoms with Crippen LogP contribution in [0.25, 0.3) is 10.8 Å². The quantitative estimate of drug-likeness (QED) is 0.123. The van der Waals surface area contributed by atoms with Gasteiger partial charge in [0.15, 0.2) is 5.78 Å². The van der Waals surface area contributed by atoms with Gasteiger partial charge in [0.25, 0.3) is 0 Å². The van der Waals surface area contributed by atoms with Crippen molar-refractivity contribution in [2.75, 3.05) is 38.1 Å². The van der Waals surface area contributed by atoms with E-state index in [0.717, 1.165) is 37.1 Å². The number of rotatable bonds is 7. The van der Waals surface area contributed by atoms with Crippen molar-refractivity contribution >= 4 is 44.1 Å². The maximum absolute atomic E-state index is 12.5. The summed E-state index contributed by atoms with van der Waals surface area (Å²) < 4.78 is 24.7. The predicted molar refractivity (Wildman–Crippen MR) is 185 cm³/mol. The Morgan fingerprint density at radius 1 is 1.06 bits per heavy atom. The summed E-state index contributed by atoms with van der Waals surface area (Å²) in [4.78, 5) is 24.5. The van der Waals surface area contributed by atoms with Crippen molar-refractivity contribution in [2.24, 2.45) is 23.2 Å². The van der Waals surface area contributed by atoms with Crippen LogP contribution in [0.2, 0.25) is 0 Å². The zero-order valence-electron chi connectivity index (χ0n) is 28.1. The molecule has 3 saturated heterocycles. The van der Waals surface area contributed by atoms with Crippen LogP contribution in [0.1, 0.15) is 71.7 Å². The number of carbonyl (C=O) groups excluding carboxylic acids is 1. The van der Waals surface area contributed by atoms with Crippen LogP contribution in [0, 0.1) is 30.1 Å². The first-order valence-corrected chi connectivity index (χ1v) is 19.5. The van der Waals surface area contributed by atoms with Gasteiger partial charge in [-0.2, -0.15) is 0 Å². The van der Waals surface area contributed by atoms with Crippen LogP contribution in [0.5, 0.6) is 17.2 Å². The molecule has 50 heavy (non-hydrogen) atoms. The number of hydrogen-bond acceptors (Lipinski definition) is 14. The van der Waals surface area contributed by atoms with Gasteiger partial charge in [-0.15, -0.1) is 0 Å². The van der Waals surface area contributed by atoms with Gasteiger partial charge in [0.05, 0.1) is 29.7 Å². The topological polar surface area (TPSA) is 213 Å². The van der Waals surface area contributed by atoms with Crippen molar-refractivity contribution in [1.29, 1.82) is 0 Å². The molecule has 4 aliphatic rings. The number of hydrogen-bond donors (Lipinski definition) is 7. The molecular weight excluding hydrogens is 693 g/mol. The SMILES string of the molecule is CC(=O)c1c(C)c(O)c2cc(C(=O)O)cc(OC3OC(CO)C4(CCC5CCCC6COCC(CCO)(CSSCO4)C56)C(O)C3O)c2c1O. The van der Waals surface area contributed by atoms with E-state index in [1.165, 1.54) is 24.6 Å². The first-order valence-electron chi connectivity index (χ1n) is 17.0. The molecule has 2 aromatic rings. The molecule has 1 saturated carbocycles. The van der Waals surface area contributed by atoms with Crippen LogP contribution in [-0.2, 0) is 14.2 Å². The number of aliphatic hydroxyl groups excluding tert-OH is 4. The highest BCUT2D eigenvalue weighted by Crippen LogP contribution is 2.55. The minimum Gasteiger partial charge on any atom is -0.507 e. The molecule has 0 bridgehead atoms. The number of Topliss-reactive ketones (excluding diaryl/α,β-unsaturated/α-hetero) is 1. The third kappa shape index (κ3) is 6.47. The maximum Gasteiger partial charge on any atom is 0.335 e. The number of benzene rings is 2. The highest BCUT2D eigenvalue weighted by molar-refractivity contribution is 8.76. The number of carbonyl (C=O) groups is 2. The molecule has 9 atom stereocenters.